The van der Waals surface area contributed by atoms with Crippen LogP contribution in [-0.2, 0) is 24.3 Å². The van der Waals surface area contributed by atoms with Gasteiger partial charge in [0.25, 0.3) is 0 Å². The Morgan fingerprint density at radius 1 is 1.00 bits per heavy atom. The molecule has 0 fully saturated rings. The van der Waals surface area contributed by atoms with Crippen LogP contribution < -0.4 is 5.32 Å². The van der Waals surface area contributed by atoms with Crippen LogP contribution >= 0.6 is 0 Å². The lowest BCUT2D eigenvalue weighted by Gasteiger charge is -2.05. The number of halogens is 1. The van der Waals surface area contributed by atoms with Gasteiger partial charge in [-0.3, -0.25) is 9.78 Å². The molecule has 0 saturated carbocycles. The van der Waals surface area contributed by atoms with Gasteiger partial charge in [-0.15, -0.1) is 0 Å². The second-order valence-corrected chi connectivity index (χ2v) is 6.70. The highest BCUT2D eigenvalue weighted by Gasteiger charge is 2.12. The number of amides is 1. The van der Waals surface area contributed by atoms with Crippen LogP contribution in [0.5, 0.6) is 0 Å². The van der Waals surface area contributed by atoms with Gasteiger partial charge in [-0.05, 0) is 41.5 Å². The molecule has 2 heterocycles. The third kappa shape index (κ3) is 4.09. The molecule has 1 amide bonds. The quantitative estimate of drug-likeness (QED) is 0.554. The maximum Gasteiger partial charge on any atom is 0.224 e. The first kappa shape index (κ1) is 17.9. The van der Waals surface area contributed by atoms with Gasteiger partial charge in [-0.2, -0.15) is 0 Å². The van der Waals surface area contributed by atoms with Gasteiger partial charge in [0.05, 0.1) is 18.7 Å². The lowest BCUT2D eigenvalue weighted by molar-refractivity contribution is -0.120. The maximum absolute atomic E-state index is 13.2. The van der Waals surface area contributed by atoms with Crippen LogP contribution in [-0.4, -0.2) is 15.5 Å². The van der Waals surface area contributed by atoms with E-state index in [1.165, 1.54) is 12.1 Å². The standard InChI is InChI=1S/C23H20FN3O/c24-19-10-8-17(9-11-19)15-27-16-18(21-6-1-2-7-22(21)27)13-23(28)26-14-20-5-3-4-12-25-20/h1-12,16H,13-15H2,(H,26,28). The smallest absolute Gasteiger partial charge is 0.224 e. The molecule has 0 spiro atoms. The lowest BCUT2D eigenvalue weighted by Crippen LogP contribution is -2.24. The monoisotopic (exact) mass is 373 g/mol. The van der Waals surface area contributed by atoms with Crippen LogP contribution in [0.15, 0.2) is 79.1 Å². The van der Waals surface area contributed by atoms with Gasteiger partial charge >= 0.3 is 0 Å². The van der Waals surface area contributed by atoms with Crippen molar-refractivity contribution in [1.82, 2.24) is 14.9 Å². The van der Waals surface area contributed by atoms with Crippen molar-refractivity contribution in [3.63, 3.8) is 0 Å². The van der Waals surface area contributed by atoms with Crippen LogP contribution in [0.4, 0.5) is 4.39 Å². The summed E-state index contributed by atoms with van der Waals surface area (Å²) >= 11 is 0. The molecule has 1 N–H and O–H groups in total. The third-order valence-corrected chi connectivity index (χ3v) is 4.68. The minimum atomic E-state index is -0.244. The van der Waals surface area contributed by atoms with E-state index in [1.54, 1.807) is 18.3 Å². The zero-order valence-electron chi connectivity index (χ0n) is 15.3. The number of rotatable bonds is 6. The fraction of sp³-hybridized carbons (Fsp3) is 0.130. The summed E-state index contributed by atoms with van der Waals surface area (Å²) in [5, 5.41) is 3.98. The number of para-hydroxylation sites is 1. The molecule has 4 nitrogen and oxygen atoms in total. The fourth-order valence-electron chi connectivity index (χ4n) is 3.31. The van der Waals surface area contributed by atoms with Crippen LogP contribution in [0.2, 0.25) is 0 Å². The molecule has 28 heavy (non-hydrogen) atoms. The Labute approximate surface area is 162 Å². The van der Waals surface area contributed by atoms with Crippen LogP contribution in [0.3, 0.4) is 0 Å². The minimum Gasteiger partial charge on any atom is -0.350 e. The summed E-state index contributed by atoms with van der Waals surface area (Å²) in [5.41, 5.74) is 3.86. The number of hydrogen-bond acceptors (Lipinski definition) is 2. The molecule has 0 saturated heterocycles. The van der Waals surface area contributed by atoms with Crippen molar-refractivity contribution < 1.29 is 9.18 Å². The lowest BCUT2D eigenvalue weighted by atomic mass is 10.1. The Morgan fingerprint density at radius 2 is 1.79 bits per heavy atom. The van der Waals surface area contributed by atoms with Gasteiger partial charge in [0.1, 0.15) is 5.82 Å². The maximum atomic E-state index is 13.2. The van der Waals surface area contributed by atoms with E-state index in [4.69, 9.17) is 0 Å². The number of carbonyl (C=O) groups excluding carboxylic acids is 1. The summed E-state index contributed by atoms with van der Waals surface area (Å²) in [6.45, 7) is 1.03. The van der Waals surface area contributed by atoms with E-state index in [0.29, 0.717) is 19.5 Å². The van der Waals surface area contributed by atoms with Gasteiger partial charge in [-0.1, -0.05) is 36.4 Å². The normalized spacial score (nSPS) is 10.9. The van der Waals surface area contributed by atoms with Gasteiger partial charge in [0.2, 0.25) is 5.91 Å². The van der Waals surface area contributed by atoms with Crippen molar-refractivity contribution in [3.8, 4) is 0 Å². The number of pyridine rings is 1. The molecule has 4 aromatic rings. The second-order valence-electron chi connectivity index (χ2n) is 6.70. The molecule has 2 aromatic heterocycles. The highest BCUT2D eigenvalue weighted by Crippen LogP contribution is 2.23. The van der Waals surface area contributed by atoms with E-state index in [1.807, 2.05) is 48.7 Å². The SMILES string of the molecule is O=C(Cc1cn(Cc2ccc(F)cc2)c2ccccc12)NCc1ccccn1. The molecule has 0 bridgehead atoms. The van der Waals surface area contributed by atoms with Gasteiger partial charge < -0.3 is 9.88 Å². The largest absolute Gasteiger partial charge is 0.350 e. The van der Waals surface area contributed by atoms with E-state index in [9.17, 15) is 9.18 Å². The van der Waals surface area contributed by atoms with Crippen molar-refractivity contribution in [2.75, 3.05) is 0 Å². The molecule has 4 rings (SSSR count). The number of nitrogens with one attached hydrogen (secondary N) is 1. The summed E-state index contributed by atoms with van der Waals surface area (Å²) < 4.78 is 15.3. The van der Waals surface area contributed by atoms with E-state index in [2.05, 4.69) is 14.9 Å². The first-order valence-corrected chi connectivity index (χ1v) is 9.17. The van der Waals surface area contributed by atoms with Crippen LogP contribution in [0.1, 0.15) is 16.8 Å². The number of carbonyl (C=O) groups is 1. The average Bonchev–Trinajstić information content (AvgIpc) is 3.06. The number of fused-ring (bicyclic) bond motifs is 1. The molecule has 0 aliphatic carbocycles. The molecule has 5 heteroatoms. The molecule has 0 aliphatic heterocycles. The van der Waals surface area contributed by atoms with Crippen LogP contribution in [0.25, 0.3) is 10.9 Å². The van der Waals surface area contributed by atoms with E-state index in [-0.39, 0.29) is 11.7 Å². The fourth-order valence-corrected chi connectivity index (χ4v) is 3.31. The van der Waals surface area contributed by atoms with E-state index < -0.39 is 0 Å². The highest BCUT2D eigenvalue weighted by atomic mass is 19.1. The topological polar surface area (TPSA) is 46.9 Å². The van der Waals surface area contributed by atoms with Crippen LogP contribution in [0, 0.1) is 5.82 Å². The molecule has 2 aromatic carbocycles. The summed E-state index contributed by atoms with van der Waals surface area (Å²) in [6, 6.07) is 20.1. The molecule has 0 atom stereocenters. The van der Waals surface area contributed by atoms with Crippen molar-refractivity contribution >= 4 is 16.8 Å². The second kappa shape index (κ2) is 8.05. The van der Waals surface area contributed by atoms with Gasteiger partial charge in [-0.25, -0.2) is 4.39 Å². The average molecular weight is 373 g/mol. The van der Waals surface area contributed by atoms with Crippen molar-refractivity contribution in [2.45, 2.75) is 19.5 Å². The Bertz CT molecular complexity index is 1090. The molecular formula is C23H20FN3O. The predicted octanol–water partition coefficient (Wildman–Crippen LogP) is 4.08. The van der Waals surface area contributed by atoms with Gasteiger partial charge in [0, 0.05) is 29.8 Å². The molecule has 0 radical (unpaired) electrons. The van der Waals surface area contributed by atoms with Gasteiger partial charge in [0.15, 0.2) is 0 Å². The third-order valence-electron chi connectivity index (χ3n) is 4.68. The Balaban J connectivity index is 1.52. The number of aromatic nitrogens is 2. The summed E-state index contributed by atoms with van der Waals surface area (Å²) in [7, 11) is 0. The first-order valence-electron chi connectivity index (χ1n) is 9.17. The summed E-state index contributed by atoms with van der Waals surface area (Å²) in [4.78, 5) is 16.7. The van der Waals surface area contributed by atoms with E-state index in [0.717, 1.165) is 27.7 Å². The zero-order chi connectivity index (χ0) is 19.3. The Morgan fingerprint density at radius 3 is 2.57 bits per heavy atom. The zero-order valence-corrected chi connectivity index (χ0v) is 15.3. The minimum absolute atomic E-state index is 0.0460. The molecular weight excluding hydrogens is 353 g/mol. The highest BCUT2D eigenvalue weighted by molar-refractivity contribution is 5.89. The molecule has 140 valence electrons. The predicted molar refractivity (Wildman–Crippen MR) is 107 cm³/mol. The molecule has 0 aliphatic rings. The first-order chi connectivity index (χ1) is 13.7. The number of nitrogens with zero attached hydrogens (tertiary/aromatic N) is 2. The van der Waals surface area contributed by atoms with Crippen molar-refractivity contribution in [1.29, 1.82) is 0 Å². The number of benzene rings is 2. The number of hydrogen-bond donors (Lipinski definition) is 1. The van der Waals surface area contributed by atoms with Crippen molar-refractivity contribution in [3.05, 3.63) is 102 Å². The van der Waals surface area contributed by atoms with Crippen molar-refractivity contribution in [2.24, 2.45) is 0 Å². The molecule has 0 unspecified atom stereocenters. The summed E-state index contributed by atoms with van der Waals surface area (Å²) in [6.07, 6.45) is 4.02. The summed E-state index contributed by atoms with van der Waals surface area (Å²) in [5.74, 6) is -0.290. The Hall–Kier alpha value is -3.47. The van der Waals surface area contributed by atoms with E-state index >= 15 is 0 Å². The Kier molecular flexibility index (Phi) is 5.15.